The second kappa shape index (κ2) is 8.11. The van der Waals surface area contributed by atoms with Crippen molar-refractivity contribution in [3.8, 4) is 11.5 Å². The summed E-state index contributed by atoms with van der Waals surface area (Å²) in [6, 6.07) is 6.83. The molecule has 1 aliphatic heterocycles. The molecule has 27 heavy (non-hydrogen) atoms. The molecule has 8 heteroatoms. The minimum Gasteiger partial charge on any atom is -0.497 e. The predicted octanol–water partition coefficient (Wildman–Crippen LogP) is 1.65. The van der Waals surface area contributed by atoms with Gasteiger partial charge in [-0.25, -0.2) is 4.68 Å². The molecule has 1 aliphatic rings. The smallest absolute Gasteiger partial charge is 0.268 e. The molecule has 1 saturated heterocycles. The van der Waals surface area contributed by atoms with Crippen LogP contribution < -0.4 is 25.2 Å². The number of aryl methyl sites for hydroxylation is 1. The van der Waals surface area contributed by atoms with Gasteiger partial charge in [0.15, 0.2) is 0 Å². The van der Waals surface area contributed by atoms with Crippen LogP contribution >= 0.6 is 0 Å². The Kier molecular flexibility index (Phi) is 5.63. The maximum absolute atomic E-state index is 12.8. The number of anilines is 2. The lowest BCUT2D eigenvalue weighted by molar-refractivity contribution is -0.120. The zero-order valence-corrected chi connectivity index (χ0v) is 15.8. The van der Waals surface area contributed by atoms with E-state index >= 15 is 0 Å². The highest BCUT2D eigenvalue weighted by molar-refractivity contribution is 5.94. The number of rotatable bonds is 5. The van der Waals surface area contributed by atoms with Gasteiger partial charge < -0.3 is 19.7 Å². The van der Waals surface area contributed by atoms with Crippen LogP contribution in [0, 0.1) is 5.92 Å². The Morgan fingerprint density at radius 3 is 2.78 bits per heavy atom. The van der Waals surface area contributed by atoms with Crippen molar-refractivity contribution < 1.29 is 14.3 Å². The quantitative estimate of drug-likeness (QED) is 0.859. The number of piperidine rings is 1. The number of benzene rings is 1. The summed E-state index contributed by atoms with van der Waals surface area (Å²) in [6.07, 6.45) is 3.32. The van der Waals surface area contributed by atoms with Crippen LogP contribution in [0.2, 0.25) is 0 Å². The topological polar surface area (TPSA) is 85.7 Å². The van der Waals surface area contributed by atoms with Crippen molar-refractivity contribution >= 4 is 17.3 Å². The van der Waals surface area contributed by atoms with E-state index in [1.54, 1.807) is 51.7 Å². The van der Waals surface area contributed by atoms with Crippen molar-refractivity contribution in [3.63, 3.8) is 0 Å². The highest BCUT2D eigenvalue weighted by atomic mass is 16.5. The Morgan fingerprint density at radius 1 is 1.26 bits per heavy atom. The monoisotopic (exact) mass is 372 g/mol. The molecule has 0 saturated carbocycles. The van der Waals surface area contributed by atoms with E-state index in [1.165, 1.54) is 4.68 Å². The second-order valence-electron chi connectivity index (χ2n) is 6.52. The molecule has 3 rings (SSSR count). The predicted molar refractivity (Wildman–Crippen MR) is 103 cm³/mol. The van der Waals surface area contributed by atoms with Gasteiger partial charge in [0, 0.05) is 32.3 Å². The fourth-order valence-electron chi connectivity index (χ4n) is 3.20. The molecule has 1 amide bonds. The van der Waals surface area contributed by atoms with Gasteiger partial charge in [0.2, 0.25) is 5.91 Å². The minimum atomic E-state index is -0.186. The SMILES string of the molecule is COc1ccc(NC(=O)C2CCCN(c3cnn(C)c(=O)c3)C2)c(OC)c1. The first-order chi connectivity index (χ1) is 13.0. The Labute approximate surface area is 157 Å². The first-order valence-corrected chi connectivity index (χ1v) is 8.83. The molecule has 8 nitrogen and oxygen atoms in total. The van der Waals surface area contributed by atoms with Gasteiger partial charge in [0.1, 0.15) is 11.5 Å². The zero-order chi connectivity index (χ0) is 19.4. The molecule has 0 bridgehead atoms. The molecule has 144 valence electrons. The van der Waals surface area contributed by atoms with Gasteiger partial charge in [-0.3, -0.25) is 9.59 Å². The summed E-state index contributed by atoms with van der Waals surface area (Å²) in [7, 11) is 4.74. The molecule has 1 unspecified atom stereocenters. The molecular formula is C19H24N4O4. The average molecular weight is 372 g/mol. The van der Waals surface area contributed by atoms with E-state index in [9.17, 15) is 9.59 Å². The number of nitrogens with one attached hydrogen (secondary N) is 1. The Balaban J connectivity index is 1.71. The normalized spacial score (nSPS) is 16.7. The van der Waals surface area contributed by atoms with Gasteiger partial charge in [-0.2, -0.15) is 5.10 Å². The number of hydrogen-bond donors (Lipinski definition) is 1. The number of nitrogens with zero attached hydrogens (tertiary/aromatic N) is 3. The van der Waals surface area contributed by atoms with Crippen molar-refractivity contribution in [2.75, 3.05) is 37.5 Å². The number of hydrogen-bond acceptors (Lipinski definition) is 6. The van der Waals surface area contributed by atoms with Crippen LogP contribution in [0.4, 0.5) is 11.4 Å². The van der Waals surface area contributed by atoms with Gasteiger partial charge >= 0.3 is 0 Å². The number of amides is 1. The van der Waals surface area contributed by atoms with Crippen molar-refractivity contribution in [3.05, 3.63) is 40.8 Å². The van der Waals surface area contributed by atoms with Crippen LogP contribution in [0.5, 0.6) is 11.5 Å². The fourth-order valence-corrected chi connectivity index (χ4v) is 3.20. The summed E-state index contributed by atoms with van der Waals surface area (Å²) >= 11 is 0. The lowest BCUT2D eigenvalue weighted by Crippen LogP contribution is -2.41. The van der Waals surface area contributed by atoms with Crippen LogP contribution in [0.25, 0.3) is 0 Å². The van der Waals surface area contributed by atoms with E-state index in [0.29, 0.717) is 23.7 Å². The third-order valence-corrected chi connectivity index (χ3v) is 4.78. The molecule has 0 spiro atoms. The third kappa shape index (κ3) is 4.21. The maximum Gasteiger partial charge on any atom is 0.268 e. The van der Waals surface area contributed by atoms with E-state index in [0.717, 1.165) is 25.1 Å². The van der Waals surface area contributed by atoms with E-state index < -0.39 is 0 Å². The molecular weight excluding hydrogens is 348 g/mol. The summed E-state index contributed by atoms with van der Waals surface area (Å²) in [6.45, 7) is 1.34. The molecule has 0 radical (unpaired) electrons. The van der Waals surface area contributed by atoms with Crippen LogP contribution in [0.1, 0.15) is 12.8 Å². The lowest BCUT2D eigenvalue weighted by Gasteiger charge is -2.33. The Hall–Kier alpha value is -3.03. The summed E-state index contributed by atoms with van der Waals surface area (Å²) in [5.74, 6) is 0.951. The molecule has 1 atom stereocenters. The molecule has 2 heterocycles. The highest BCUT2D eigenvalue weighted by Crippen LogP contribution is 2.30. The largest absolute Gasteiger partial charge is 0.497 e. The molecule has 2 aromatic rings. The summed E-state index contributed by atoms with van der Waals surface area (Å²) in [5, 5.41) is 7.01. The van der Waals surface area contributed by atoms with Gasteiger partial charge in [-0.1, -0.05) is 0 Å². The van der Waals surface area contributed by atoms with Crippen molar-refractivity contribution in [2.24, 2.45) is 13.0 Å². The minimum absolute atomic E-state index is 0.0695. The van der Waals surface area contributed by atoms with Gasteiger partial charge in [-0.15, -0.1) is 0 Å². The van der Waals surface area contributed by atoms with Gasteiger partial charge in [0.25, 0.3) is 5.56 Å². The molecule has 1 N–H and O–H groups in total. The van der Waals surface area contributed by atoms with E-state index in [4.69, 9.17) is 9.47 Å². The van der Waals surface area contributed by atoms with Crippen LogP contribution in [0.3, 0.4) is 0 Å². The standard InChI is InChI=1S/C19H24N4O4/c1-22-18(24)9-14(11-20-22)23-8-4-5-13(12-23)19(25)21-16-7-6-15(26-2)10-17(16)27-3/h6-7,9-11,13H,4-5,8,12H2,1-3H3,(H,21,25). The lowest BCUT2D eigenvalue weighted by atomic mass is 9.96. The van der Waals surface area contributed by atoms with Crippen LogP contribution in [-0.2, 0) is 11.8 Å². The zero-order valence-electron chi connectivity index (χ0n) is 15.8. The first-order valence-electron chi connectivity index (χ1n) is 8.83. The molecule has 0 aliphatic carbocycles. The second-order valence-corrected chi connectivity index (χ2v) is 6.52. The van der Waals surface area contributed by atoms with E-state index in [1.807, 2.05) is 4.90 Å². The van der Waals surface area contributed by atoms with Crippen molar-refractivity contribution in [2.45, 2.75) is 12.8 Å². The number of methoxy groups -OCH3 is 2. The van der Waals surface area contributed by atoms with Gasteiger partial charge in [0.05, 0.1) is 37.7 Å². The van der Waals surface area contributed by atoms with Crippen molar-refractivity contribution in [1.82, 2.24) is 9.78 Å². The number of aromatic nitrogens is 2. The average Bonchev–Trinajstić information content (AvgIpc) is 2.70. The summed E-state index contributed by atoms with van der Waals surface area (Å²) in [5.41, 5.74) is 1.19. The Bertz CT molecular complexity index is 880. The number of carbonyl (C=O) groups is 1. The number of ether oxygens (including phenoxy) is 2. The maximum atomic E-state index is 12.8. The van der Waals surface area contributed by atoms with Crippen molar-refractivity contribution in [1.29, 1.82) is 0 Å². The highest BCUT2D eigenvalue weighted by Gasteiger charge is 2.27. The van der Waals surface area contributed by atoms with Crippen LogP contribution in [0.15, 0.2) is 35.3 Å². The van der Waals surface area contributed by atoms with Gasteiger partial charge in [-0.05, 0) is 25.0 Å². The van der Waals surface area contributed by atoms with E-state index in [-0.39, 0.29) is 17.4 Å². The molecule has 1 fully saturated rings. The Morgan fingerprint density at radius 2 is 2.07 bits per heavy atom. The van der Waals surface area contributed by atoms with E-state index in [2.05, 4.69) is 10.4 Å². The fraction of sp³-hybridized carbons (Fsp3) is 0.421. The summed E-state index contributed by atoms with van der Waals surface area (Å²) in [4.78, 5) is 26.6. The summed E-state index contributed by atoms with van der Waals surface area (Å²) < 4.78 is 11.8. The first kappa shape index (κ1) is 18.8. The van der Waals surface area contributed by atoms with Crippen LogP contribution in [-0.4, -0.2) is 43.0 Å². The molecule has 1 aromatic heterocycles. The third-order valence-electron chi connectivity index (χ3n) is 4.78. The molecule has 1 aromatic carbocycles. The number of carbonyl (C=O) groups excluding carboxylic acids is 1.